The van der Waals surface area contributed by atoms with Gasteiger partial charge in [0, 0.05) is 24.2 Å². The molecular formula is C12H24N2. The third-order valence-electron chi connectivity index (χ3n) is 4.16. The van der Waals surface area contributed by atoms with Crippen LogP contribution >= 0.6 is 0 Å². The molecule has 0 spiro atoms. The molecule has 0 amide bonds. The monoisotopic (exact) mass is 196 g/mol. The minimum Gasteiger partial charge on any atom is -0.308 e. The van der Waals surface area contributed by atoms with Crippen LogP contribution in [0, 0.1) is 5.92 Å². The minimum atomic E-state index is 0.336. The summed E-state index contributed by atoms with van der Waals surface area (Å²) in [6, 6.07) is 0. The summed E-state index contributed by atoms with van der Waals surface area (Å²) in [7, 11) is 0. The Balaban J connectivity index is 2.07. The largest absolute Gasteiger partial charge is 0.308 e. The van der Waals surface area contributed by atoms with Gasteiger partial charge in [0.05, 0.1) is 0 Å². The zero-order chi connectivity index (χ0) is 10.4. The third-order valence-corrected chi connectivity index (χ3v) is 4.16. The maximum Gasteiger partial charge on any atom is 0.0309 e. The molecular weight excluding hydrogens is 172 g/mol. The van der Waals surface area contributed by atoms with Crippen LogP contribution in [0.3, 0.4) is 0 Å². The van der Waals surface area contributed by atoms with Crippen LogP contribution in [-0.4, -0.2) is 35.6 Å². The first-order valence-electron chi connectivity index (χ1n) is 5.98. The Kier molecular flexibility index (Phi) is 2.39. The van der Waals surface area contributed by atoms with Crippen LogP contribution in [0.4, 0.5) is 0 Å². The fourth-order valence-electron chi connectivity index (χ4n) is 2.73. The number of rotatable bonds is 2. The van der Waals surface area contributed by atoms with Gasteiger partial charge < -0.3 is 5.32 Å². The van der Waals surface area contributed by atoms with Crippen molar-refractivity contribution in [3.63, 3.8) is 0 Å². The summed E-state index contributed by atoms with van der Waals surface area (Å²) in [5, 5.41) is 3.77. The number of nitrogens with zero attached hydrogens (tertiary/aromatic N) is 1. The van der Waals surface area contributed by atoms with E-state index in [1.54, 1.807) is 0 Å². The molecule has 0 aromatic rings. The molecule has 1 N–H and O–H groups in total. The average Bonchev–Trinajstić information content (AvgIpc) is 2.92. The zero-order valence-electron chi connectivity index (χ0n) is 10.1. The van der Waals surface area contributed by atoms with E-state index in [1.165, 1.54) is 25.9 Å². The van der Waals surface area contributed by atoms with Gasteiger partial charge in [0.15, 0.2) is 0 Å². The second-order valence-electron chi connectivity index (χ2n) is 5.87. The van der Waals surface area contributed by atoms with E-state index in [2.05, 4.69) is 37.9 Å². The van der Waals surface area contributed by atoms with Crippen molar-refractivity contribution in [3.05, 3.63) is 0 Å². The molecule has 2 fully saturated rings. The highest BCUT2D eigenvalue weighted by atomic mass is 15.3. The molecule has 1 atom stereocenters. The van der Waals surface area contributed by atoms with Crippen LogP contribution < -0.4 is 5.32 Å². The van der Waals surface area contributed by atoms with E-state index >= 15 is 0 Å². The molecule has 1 saturated carbocycles. The summed E-state index contributed by atoms with van der Waals surface area (Å²) in [6.07, 6.45) is 2.86. The Labute approximate surface area is 88.1 Å². The van der Waals surface area contributed by atoms with E-state index in [0.29, 0.717) is 11.1 Å². The summed E-state index contributed by atoms with van der Waals surface area (Å²) in [5.74, 6) is 0.938. The summed E-state index contributed by atoms with van der Waals surface area (Å²) in [5.41, 5.74) is 0.731. The molecule has 14 heavy (non-hydrogen) atoms. The molecule has 2 rings (SSSR count). The van der Waals surface area contributed by atoms with Crippen molar-refractivity contribution >= 4 is 0 Å². The SMILES string of the molecule is CCN1CC(C)(C2CC2)NCC1(C)C. The fraction of sp³-hybridized carbons (Fsp3) is 1.00. The van der Waals surface area contributed by atoms with Crippen molar-refractivity contribution < 1.29 is 0 Å². The van der Waals surface area contributed by atoms with Gasteiger partial charge in [0.25, 0.3) is 0 Å². The number of piperazine rings is 1. The lowest BCUT2D eigenvalue weighted by Gasteiger charge is -2.51. The molecule has 1 saturated heterocycles. The predicted octanol–water partition coefficient (Wildman–Crippen LogP) is 1.86. The number of hydrogen-bond acceptors (Lipinski definition) is 2. The number of likely N-dealkylation sites (N-methyl/N-ethyl adjacent to an activating group) is 1. The van der Waals surface area contributed by atoms with Gasteiger partial charge in [0.1, 0.15) is 0 Å². The van der Waals surface area contributed by atoms with E-state index in [-0.39, 0.29) is 0 Å². The number of hydrogen-bond donors (Lipinski definition) is 1. The second-order valence-corrected chi connectivity index (χ2v) is 5.87. The van der Waals surface area contributed by atoms with Crippen LogP contribution in [-0.2, 0) is 0 Å². The molecule has 1 unspecified atom stereocenters. The quantitative estimate of drug-likeness (QED) is 0.725. The summed E-state index contributed by atoms with van der Waals surface area (Å²) in [6.45, 7) is 12.9. The number of nitrogens with one attached hydrogen (secondary N) is 1. The molecule has 0 aromatic heterocycles. The molecule has 0 aromatic carbocycles. The average molecular weight is 196 g/mol. The van der Waals surface area contributed by atoms with E-state index in [1.807, 2.05) is 0 Å². The molecule has 1 heterocycles. The topological polar surface area (TPSA) is 15.3 Å². The third kappa shape index (κ3) is 1.70. The van der Waals surface area contributed by atoms with Gasteiger partial charge in [-0.15, -0.1) is 0 Å². The Hall–Kier alpha value is -0.0800. The van der Waals surface area contributed by atoms with Crippen molar-refractivity contribution in [3.8, 4) is 0 Å². The van der Waals surface area contributed by atoms with Gasteiger partial charge in [-0.1, -0.05) is 6.92 Å². The summed E-state index contributed by atoms with van der Waals surface area (Å²) >= 11 is 0. The Morgan fingerprint density at radius 2 is 1.93 bits per heavy atom. The standard InChI is InChI=1S/C12H24N2/c1-5-14-9-12(4,10-6-7-10)13-8-11(14,2)3/h10,13H,5-9H2,1-4H3. The van der Waals surface area contributed by atoms with Gasteiger partial charge in [0.2, 0.25) is 0 Å². The Morgan fingerprint density at radius 3 is 2.43 bits per heavy atom. The molecule has 0 bridgehead atoms. The molecule has 1 aliphatic heterocycles. The molecule has 82 valence electrons. The van der Waals surface area contributed by atoms with Gasteiger partial charge in [-0.25, -0.2) is 0 Å². The van der Waals surface area contributed by atoms with Crippen molar-refractivity contribution in [2.75, 3.05) is 19.6 Å². The summed E-state index contributed by atoms with van der Waals surface area (Å²) < 4.78 is 0. The minimum absolute atomic E-state index is 0.336. The molecule has 2 aliphatic rings. The van der Waals surface area contributed by atoms with Gasteiger partial charge in [-0.3, -0.25) is 4.90 Å². The highest BCUT2D eigenvalue weighted by molar-refractivity contribution is 5.06. The first-order chi connectivity index (χ1) is 6.48. The maximum absolute atomic E-state index is 3.77. The van der Waals surface area contributed by atoms with Crippen LogP contribution in [0.5, 0.6) is 0 Å². The van der Waals surface area contributed by atoms with E-state index < -0.39 is 0 Å². The van der Waals surface area contributed by atoms with Crippen molar-refractivity contribution in [2.45, 2.75) is 51.6 Å². The Morgan fingerprint density at radius 1 is 1.29 bits per heavy atom. The van der Waals surface area contributed by atoms with E-state index in [4.69, 9.17) is 0 Å². The zero-order valence-corrected chi connectivity index (χ0v) is 10.1. The van der Waals surface area contributed by atoms with Crippen molar-refractivity contribution in [1.82, 2.24) is 10.2 Å². The second kappa shape index (κ2) is 3.21. The van der Waals surface area contributed by atoms with Crippen LogP contribution in [0.15, 0.2) is 0 Å². The lowest BCUT2D eigenvalue weighted by molar-refractivity contribution is 0.0288. The van der Waals surface area contributed by atoms with Crippen molar-refractivity contribution in [2.24, 2.45) is 5.92 Å². The Bertz CT molecular complexity index is 220. The fourth-order valence-corrected chi connectivity index (χ4v) is 2.73. The van der Waals surface area contributed by atoms with Gasteiger partial charge in [-0.05, 0) is 46.1 Å². The summed E-state index contributed by atoms with van der Waals surface area (Å²) in [4.78, 5) is 2.63. The van der Waals surface area contributed by atoms with E-state index in [0.717, 1.165) is 12.5 Å². The smallest absolute Gasteiger partial charge is 0.0309 e. The van der Waals surface area contributed by atoms with Crippen LogP contribution in [0.2, 0.25) is 0 Å². The maximum atomic E-state index is 3.77. The first-order valence-corrected chi connectivity index (χ1v) is 5.98. The lowest BCUT2D eigenvalue weighted by atomic mass is 9.87. The normalized spacial score (nSPS) is 38.6. The highest BCUT2D eigenvalue weighted by Gasteiger charge is 2.47. The molecule has 0 radical (unpaired) electrons. The highest BCUT2D eigenvalue weighted by Crippen LogP contribution is 2.42. The predicted molar refractivity (Wildman–Crippen MR) is 60.5 cm³/mol. The van der Waals surface area contributed by atoms with E-state index in [9.17, 15) is 0 Å². The molecule has 1 aliphatic carbocycles. The van der Waals surface area contributed by atoms with Crippen LogP contribution in [0.1, 0.15) is 40.5 Å². The van der Waals surface area contributed by atoms with Crippen molar-refractivity contribution in [1.29, 1.82) is 0 Å². The molecule has 2 heteroatoms. The lowest BCUT2D eigenvalue weighted by Crippen LogP contribution is -2.67. The molecule has 2 nitrogen and oxygen atoms in total. The van der Waals surface area contributed by atoms with Gasteiger partial charge in [-0.2, -0.15) is 0 Å². The van der Waals surface area contributed by atoms with Crippen LogP contribution in [0.25, 0.3) is 0 Å². The first kappa shape index (κ1) is 10.4. The van der Waals surface area contributed by atoms with Gasteiger partial charge >= 0.3 is 0 Å².